The van der Waals surface area contributed by atoms with Gasteiger partial charge in [-0.05, 0) is 31.2 Å². The van der Waals surface area contributed by atoms with Crippen molar-refractivity contribution in [2.75, 3.05) is 27.9 Å². The van der Waals surface area contributed by atoms with Gasteiger partial charge in [0.1, 0.15) is 35.9 Å². The molecule has 0 saturated carbocycles. The number of nitrogens with zero attached hydrogens (tertiary/aromatic N) is 1. The smallest absolute Gasteiger partial charge is 0.404 e. The molecule has 2 saturated heterocycles. The zero-order valence-corrected chi connectivity index (χ0v) is 18.9. The highest BCUT2D eigenvalue weighted by Crippen LogP contribution is 2.60. The topological polar surface area (TPSA) is 75.7 Å². The van der Waals surface area contributed by atoms with Gasteiger partial charge in [0.05, 0.1) is 0 Å². The average Bonchev–Trinajstić information content (AvgIpc) is 3.09. The molecule has 2 bridgehead atoms. The minimum atomic E-state index is -3.95. The third-order valence-corrected chi connectivity index (χ3v) is 7.83. The molecule has 8 nitrogen and oxygen atoms in total. The number of hydrogen-bond acceptors (Lipinski definition) is 7. The summed E-state index contributed by atoms with van der Waals surface area (Å²) in [7, 11) is 0.807. The molecule has 5 atom stereocenters. The lowest BCUT2D eigenvalue weighted by molar-refractivity contribution is -0.265. The maximum Gasteiger partial charge on any atom is 0.518 e. The summed E-state index contributed by atoms with van der Waals surface area (Å²) in [6.07, 6.45) is -1.84. The molecule has 31 heavy (non-hydrogen) atoms. The summed E-state index contributed by atoms with van der Waals surface area (Å²) in [6.45, 7) is 2.07. The minimum Gasteiger partial charge on any atom is -0.404 e. The number of hydrogen-bond donors (Lipinski definition) is 0. The molecule has 2 aromatic carbocycles. The minimum absolute atomic E-state index is 0.256. The van der Waals surface area contributed by atoms with Crippen molar-refractivity contribution in [2.45, 2.75) is 37.1 Å². The molecular weight excluding hydrogens is 421 g/mol. The Balaban J connectivity index is 1.76. The van der Waals surface area contributed by atoms with Crippen molar-refractivity contribution >= 4 is 7.75 Å². The Morgan fingerprint density at radius 1 is 0.871 bits per heavy atom. The largest absolute Gasteiger partial charge is 0.518 e. The number of ether oxygens (including phenoxy) is 4. The predicted molar refractivity (Wildman–Crippen MR) is 114 cm³/mol. The van der Waals surface area contributed by atoms with Crippen LogP contribution in [0.25, 0.3) is 0 Å². The van der Waals surface area contributed by atoms with Crippen LogP contribution in [0.5, 0.6) is 11.5 Å². The van der Waals surface area contributed by atoms with E-state index in [0.29, 0.717) is 11.5 Å². The van der Waals surface area contributed by atoms with Crippen LogP contribution in [0.1, 0.15) is 6.92 Å². The van der Waals surface area contributed by atoms with E-state index in [9.17, 15) is 4.57 Å². The van der Waals surface area contributed by atoms with E-state index < -0.39 is 37.9 Å². The summed E-state index contributed by atoms with van der Waals surface area (Å²) < 4.78 is 51.6. The third-order valence-electron chi connectivity index (χ3n) is 5.79. The van der Waals surface area contributed by atoms with Crippen molar-refractivity contribution in [2.24, 2.45) is 0 Å². The second-order valence-electron chi connectivity index (χ2n) is 7.63. The normalized spacial score (nSPS) is 30.8. The molecule has 0 aromatic heterocycles. The van der Waals surface area contributed by atoms with Gasteiger partial charge >= 0.3 is 7.75 Å². The second-order valence-corrected chi connectivity index (χ2v) is 9.41. The van der Waals surface area contributed by atoms with Crippen LogP contribution in [0.4, 0.5) is 0 Å². The summed E-state index contributed by atoms with van der Waals surface area (Å²) in [5, 5.41) is 0. The lowest BCUT2D eigenvalue weighted by atomic mass is 9.94. The molecule has 2 aliphatic heterocycles. The number of rotatable bonds is 8. The molecule has 0 spiro atoms. The Bertz CT molecular complexity index is 869. The number of fused-ring (bicyclic) bond motifs is 2. The van der Waals surface area contributed by atoms with Crippen molar-refractivity contribution in [3.8, 4) is 11.5 Å². The van der Waals surface area contributed by atoms with E-state index in [4.69, 9.17) is 28.0 Å². The van der Waals surface area contributed by atoms with Crippen LogP contribution in [-0.2, 0) is 23.5 Å². The molecule has 9 heteroatoms. The van der Waals surface area contributed by atoms with Gasteiger partial charge < -0.3 is 28.0 Å². The van der Waals surface area contributed by atoms with Crippen molar-refractivity contribution in [3.63, 3.8) is 0 Å². The second kappa shape index (κ2) is 8.90. The predicted octanol–water partition coefficient (Wildman–Crippen LogP) is 3.73. The van der Waals surface area contributed by atoms with Crippen LogP contribution >= 0.6 is 7.75 Å². The van der Waals surface area contributed by atoms with Crippen molar-refractivity contribution in [1.29, 1.82) is 0 Å². The molecule has 2 aromatic rings. The standard InChI is InChI=1S/C22H28NO7P/c1-22-21(27-4)20(26-3)19(25-2)18(28-22)15-23(22)31(24,29-16-11-7-5-8-12-16)30-17-13-9-6-10-14-17/h5-14,18-21H,15H2,1-4H3/t18-,19-,20-,21+,22-/m0/s1. The van der Waals surface area contributed by atoms with E-state index >= 15 is 0 Å². The first-order chi connectivity index (χ1) is 14.9. The monoisotopic (exact) mass is 449 g/mol. The number of para-hydroxylation sites is 2. The first-order valence-corrected chi connectivity index (χ1v) is 11.6. The van der Waals surface area contributed by atoms with E-state index in [1.807, 2.05) is 43.3 Å². The molecular formula is C22H28NO7P. The van der Waals surface area contributed by atoms with E-state index in [2.05, 4.69) is 0 Å². The number of methoxy groups -OCH3 is 3. The van der Waals surface area contributed by atoms with Crippen molar-refractivity contribution in [1.82, 2.24) is 4.67 Å². The summed E-state index contributed by atoms with van der Waals surface area (Å²) in [4.78, 5) is 0. The fraction of sp³-hybridized carbons (Fsp3) is 0.455. The Morgan fingerprint density at radius 2 is 1.39 bits per heavy atom. The van der Waals surface area contributed by atoms with Crippen LogP contribution in [0.3, 0.4) is 0 Å². The summed E-state index contributed by atoms with van der Waals surface area (Å²) in [5.41, 5.74) is -1.13. The highest BCUT2D eigenvalue weighted by atomic mass is 31.2. The maximum absolute atomic E-state index is 14.4. The van der Waals surface area contributed by atoms with E-state index in [0.717, 1.165) is 0 Å². The van der Waals surface area contributed by atoms with Gasteiger partial charge in [0.15, 0.2) is 5.72 Å². The Labute approximate surface area is 182 Å². The molecule has 2 aliphatic rings. The highest BCUT2D eigenvalue weighted by Gasteiger charge is 2.67. The average molecular weight is 449 g/mol. The molecule has 0 radical (unpaired) electrons. The van der Waals surface area contributed by atoms with Gasteiger partial charge in [-0.25, -0.2) is 4.57 Å². The zero-order chi connectivity index (χ0) is 22.1. The molecule has 0 aliphatic carbocycles. The highest BCUT2D eigenvalue weighted by molar-refractivity contribution is 7.52. The molecule has 168 valence electrons. The lowest BCUT2D eigenvalue weighted by Crippen LogP contribution is -2.63. The molecule has 2 heterocycles. The first kappa shape index (κ1) is 22.3. The molecule has 4 rings (SSSR count). The molecule has 2 fully saturated rings. The fourth-order valence-electron chi connectivity index (χ4n) is 4.42. The van der Waals surface area contributed by atoms with Crippen LogP contribution < -0.4 is 9.05 Å². The molecule has 0 N–H and O–H groups in total. The van der Waals surface area contributed by atoms with Gasteiger partial charge in [-0.15, -0.1) is 0 Å². The maximum atomic E-state index is 14.4. The summed E-state index contributed by atoms with van der Waals surface area (Å²) in [6, 6.07) is 17.9. The Hall–Kier alpha value is -1.93. The van der Waals surface area contributed by atoms with Crippen LogP contribution in [0, 0.1) is 0 Å². The number of benzene rings is 2. The van der Waals surface area contributed by atoms with E-state index in [1.54, 1.807) is 50.3 Å². The van der Waals surface area contributed by atoms with Gasteiger partial charge in [0, 0.05) is 27.9 Å². The Kier molecular flexibility index (Phi) is 6.40. The van der Waals surface area contributed by atoms with E-state index in [-0.39, 0.29) is 6.54 Å². The fourth-order valence-corrected chi connectivity index (χ4v) is 6.43. The quantitative estimate of drug-likeness (QED) is 0.565. The lowest BCUT2D eigenvalue weighted by Gasteiger charge is -2.47. The van der Waals surface area contributed by atoms with Crippen LogP contribution in [0.2, 0.25) is 0 Å². The van der Waals surface area contributed by atoms with Gasteiger partial charge in [-0.1, -0.05) is 36.4 Å². The van der Waals surface area contributed by atoms with Gasteiger partial charge in [-0.3, -0.25) is 0 Å². The van der Waals surface area contributed by atoms with Crippen molar-refractivity contribution < 1.29 is 32.6 Å². The van der Waals surface area contributed by atoms with Crippen molar-refractivity contribution in [3.05, 3.63) is 60.7 Å². The first-order valence-electron chi connectivity index (χ1n) is 10.1. The summed E-state index contributed by atoms with van der Waals surface area (Å²) in [5.74, 6) is 0.847. The Morgan fingerprint density at radius 3 is 1.84 bits per heavy atom. The molecule has 0 unspecified atom stereocenters. The zero-order valence-electron chi connectivity index (χ0n) is 18.0. The SMILES string of the molecule is CO[C@@H]1[C@H](OC)[C@@H](OC)[C@]2(C)O[C@H]1CN2P(=O)(Oc1ccccc1)Oc1ccccc1. The summed E-state index contributed by atoms with van der Waals surface area (Å²) >= 11 is 0. The van der Waals surface area contributed by atoms with Crippen LogP contribution in [-0.4, -0.2) is 62.7 Å². The van der Waals surface area contributed by atoms with Gasteiger partial charge in [-0.2, -0.15) is 4.67 Å². The molecule has 0 amide bonds. The van der Waals surface area contributed by atoms with Crippen LogP contribution in [0.15, 0.2) is 60.7 Å². The van der Waals surface area contributed by atoms with E-state index in [1.165, 1.54) is 0 Å². The van der Waals surface area contributed by atoms with Gasteiger partial charge in [0.25, 0.3) is 0 Å². The van der Waals surface area contributed by atoms with Gasteiger partial charge in [0.2, 0.25) is 0 Å². The third kappa shape index (κ3) is 4.00.